The second-order valence-electron chi connectivity index (χ2n) is 9.64. The fourth-order valence-electron chi connectivity index (χ4n) is 4.91. The zero-order valence-corrected chi connectivity index (χ0v) is 23.5. The molecule has 220 valence electrons. The molecule has 3 aromatic heterocycles. The number of nitrogens with one attached hydrogen (secondary N) is 1. The third kappa shape index (κ3) is 4.88. The maximum absolute atomic E-state index is 14.2. The topological polar surface area (TPSA) is 122 Å². The molecule has 0 aliphatic rings. The first-order valence-corrected chi connectivity index (χ1v) is 13.0. The van der Waals surface area contributed by atoms with Crippen LogP contribution < -0.4 is 20.7 Å². The van der Waals surface area contributed by atoms with E-state index in [1.165, 1.54) is 31.3 Å². The summed E-state index contributed by atoms with van der Waals surface area (Å²) in [5, 5.41) is 4.46. The molecule has 3 heterocycles. The number of methoxy groups -OCH3 is 2. The number of imidazole rings is 1. The van der Waals surface area contributed by atoms with E-state index in [9.17, 15) is 22.8 Å². The molecule has 43 heavy (non-hydrogen) atoms. The van der Waals surface area contributed by atoms with Crippen LogP contribution in [-0.4, -0.2) is 48.1 Å². The van der Waals surface area contributed by atoms with E-state index in [0.29, 0.717) is 27.2 Å². The normalized spacial score (nSPS) is 11.5. The maximum atomic E-state index is 14.2. The van der Waals surface area contributed by atoms with Crippen LogP contribution in [0.4, 0.5) is 13.2 Å². The van der Waals surface area contributed by atoms with E-state index in [4.69, 9.17) is 21.1 Å². The Morgan fingerprint density at radius 2 is 1.70 bits per heavy atom. The van der Waals surface area contributed by atoms with Gasteiger partial charge in [0.05, 0.1) is 48.9 Å². The van der Waals surface area contributed by atoms with E-state index in [1.54, 1.807) is 25.2 Å². The molecular formula is C28H21ClF3N7O4. The maximum Gasteiger partial charge on any atom is 0.332 e. The lowest BCUT2D eigenvalue weighted by molar-refractivity contribution is 0.386. The number of nitrogens with zero attached hydrogens (tertiary/aromatic N) is 6. The van der Waals surface area contributed by atoms with Crippen LogP contribution in [0.1, 0.15) is 11.4 Å². The molecule has 6 aromatic rings. The van der Waals surface area contributed by atoms with Gasteiger partial charge in [0.25, 0.3) is 11.6 Å². The number of aromatic nitrogens is 7. The van der Waals surface area contributed by atoms with Crippen molar-refractivity contribution in [2.45, 2.75) is 13.1 Å². The van der Waals surface area contributed by atoms with E-state index in [1.807, 2.05) is 0 Å². The Morgan fingerprint density at radius 1 is 0.953 bits per heavy atom. The molecule has 0 unspecified atom stereocenters. The first-order chi connectivity index (χ1) is 20.6. The summed E-state index contributed by atoms with van der Waals surface area (Å²) in [5.41, 5.74) is 0.568. The third-order valence-electron chi connectivity index (χ3n) is 6.90. The lowest BCUT2D eigenvalue weighted by Gasteiger charge is -2.17. The number of benzene rings is 3. The molecule has 0 saturated heterocycles. The van der Waals surface area contributed by atoms with Gasteiger partial charge in [-0.05, 0) is 47.5 Å². The molecule has 1 N–H and O–H groups in total. The Labute approximate surface area is 244 Å². The summed E-state index contributed by atoms with van der Waals surface area (Å²) in [4.78, 5) is 39.1. The summed E-state index contributed by atoms with van der Waals surface area (Å²) in [5.74, 6) is -4.22. The SMILES string of the molecule is COc1nc2cc(-c3cc(OC)c4c(=O)n(Cc5ncn(C)n5)c(=O)n(Cc5cc(F)c(F)c(F)c5)c4c3)c(Cl)cc2[nH]1. The molecule has 0 amide bonds. The Kier molecular flexibility index (Phi) is 6.92. The minimum absolute atomic E-state index is 0.00322. The van der Waals surface area contributed by atoms with E-state index >= 15 is 0 Å². The number of fused-ring (bicyclic) bond motifs is 2. The molecule has 0 aliphatic heterocycles. The van der Waals surface area contributed by atoms with Crippen molar-refractivity contribution in [3.63, 3.8) is 0 Å². The van der Waals surface area contributed by atoms with Crippen molar-refractivity contribution < 1.29 is 22.6 Å². The van der Waals surface area contributed by atoms with E-state index in [-0.39, 0.29) is 40.6 Å². The van der Waals surface area contributed by atoms with Gasteiger partial charge in [0, 0.05) is 12.6 Å². The molecule has 0 aliphatic carbocycles. The Hall–Kier alpha value is -5.11. The first kappa shape index (κ1) is 28.0. The van der Waals surface area contributed by atoms with Crippen molar-refractivity contribution >= 4 is 33.5 Å². The van der Waals surface area contributed by atoms with Crippen LogP contribution in [0.25, 0.3) is 33.1 Å². The molecule has 0 radical (unpaired) electrons. The minimum atomic E-state index is -1.64. The van der Waals surface area contributed by atoms with Gasteiger partial charge in [-0.1, -0.05) is 11.6 Å². The van der Waals surface area contributed by atoms with Crippen LogP contribution in [0.15, 0.2) is 52.3 Å². The lowest BCUT2D eigenvalue weighted by Crippen LogP contribution is -2.41. The number of hydrogen-bond donors (Lipinski definition) is 1. The molecule has 15 heteroatoms. The van der Waals surface area contributed by atoms with Gasteiger partial charge in [0.15, 0.2) is 23.3 Å². The highest BCUT2D eigenvalue weighted by molar-refractivity contribution is 6.34. The summed E-state index contributed by atoms with van der Waals surface area (Å²) in [6.45, 7) is -0.718. The molecule has 0 saturated carbocycles. The van der Waals surface area contributed by atoms with Crippen LogP contribution in [0, 0.1) is 17.5 Å². The predicted molar refractivity (Wildman–Crippen MR) is 151 cm³/mol. The van der Waals surface area contributed by atoms with Gasteiger partial charge in [-0.15, -0.1) is 0 Å². The number of H-pyrrole nitrogens is 1. The lowest BCUT2D eigenvalue weighted by atomic mass is 10.0. The summed E-state index contributed by atoms with van der Waals surface area (Å²) in [6.07, 6.45) is 1.41. The van der Waals surface area contributed by atoms with Crippen molar-refractivity contribution in [2.75, 3.05) is 14.2 Å². The average molecular weight is 612 g/mol. The molecular weight excluding hydrogens is 591 g/mol. The third-order valence-corrected chi connectivity index (χ3v) is 7.21. The van der Waals surface area contributed by atoms with Gasteiger partial charge in [-0.2, -0.15) is 10.1 Å². The highest BCUT2D eigenvalue weighted by Crippen LogP contribution is 2.36. The molecule has 3 aromatic carbocycles. The van der Waals surface area contributed by atoms with Crippen LogP contribution in [0.2, 0.25) is 5.02 Å². The summed E-state index contributed by atoms with van der Waals surface area (Å²) < 4.78 is 56.3. The molecule has 0 atom stereocenters. The summed E-state index contributed by atoms with van der Waals surface area (Å²) >= 11 is 6.64. The minimum Gasteiger partial charge on any atom is -0.496 e. The van der Waals surface area contributed by atoms with E-state index in [0.717, 1.165) is 21.3 Å². The first-order valence-electron chi connectivity index (χ1n) is 12.6. The fourth-order valence-corrected chi connectivity index (χ4v) is 5.19. The number of hydrogen-bond acceptors (Lipinski definition) is 7. The van der Waals surface area contributed by atoms with Gasteiger partial charge in [-0.3, -0.25) is 18.6 Å². The average Bonchev–Trinajstić information content (AvgIpc) is 3.59. The van der Waals surface area contributed by atoms with Crippen LogP contribution in [0.5, 0.6) is 11.8 Å². The monoisotopic (exact) mass is 611 g/mol. The zero-order valence-electron chi connectivity index (χ0n) is 22.8. The highest BCUT2D eigenvalue weighted by Gasteiger charge is 2.22. The number of aromatic amines is 1. The van der Waals surface area contributed by atoms with Gasteiger partial charge < -0.3 is 14.5 Å². The Bertz CT molecular complexity index is 2170. The van der Waals surface area contributed by atoms with Gasteiger partial charge >= 0.3 is 5.69 Å². The molecule has 6 rings (SSSR count). The Morgan fingerprint density at radius 3 is 2.35 bits per heavy atom. The molecule has 0 bridgehead atoms. The molecule has 0 fully saturated rings. The fraction of sp³-hybridized carbons (Fsp3) is 0.179. The molecule has 11 nitrogen and oxygen atoms in total. The second-order valence-corrected chi connectivity index (χ2v) is 10.0. The van der Waals surface area contributed by atoms with Gasteiger partial charge in [-0.25, -0.2) is 22.9 Å². The van der Waals surface area contributed by atoms with Crippen LogP contribution >= 0.6 is 11.6 Å². The standard InChI is InChI=1S/C28H21ClF3N7O4/c1-37-12-33-23(36-37)11-39-26(40)24-21(38(28(39)41)10-13-4-17(30)25(32)18(31)5-13)6-14(7-22(24)42-2)15-8-19-20(9-16(15)29)35-27(34-19)43-3/h4-9,12H,10-11H2,1-3H3,(H,34,35). The van der Waals surface area contributed by atoms with Crippen LogP contribution in [0.3, 0.4) is 0 Å². The number of aryl methyl sites for hydroxylation is 1. The smallest absolute Gasteiger partial charge is 0.332 e. The number of rotatable bonds is 7. The van der Waals surface area contributed by atoms with Crippen molar-refractivity contribution in [1.82, 2.24) is 33.9 Å². The summed E-state index contributed by atoms with van der Waals surface area (Å²) in [6, 6.07) is 8.29. The summed E-state index contributed by atoms with van der Waals surface area (Å²) in [7, 11) is 4.44. The Balaban J connectivity index is 1.64. The van der Waals surface area contributed by atoms with Crippen molar-refractivity contribution in [2.24, 2.45) is 7.05 Å². The van der Waals surface area contributed by atoms with Crippen molar-refractivity contribution in [3.8, 4) is 22.9 Å². The van der Waals surface area contributed by atoms with Crippen molar-refractivity contribution in [3.05, 3.63) is 97.4 Å². The number of halogens is 4. The van der Waals surface area contributed by atoms with Gasteiger partial charge in [0.2, 0.25) is 0 Å². The predicted octanol–water partition coefficient (Wildman–Crippen LogP) is 4.02. The van der Waals surface area contributed by atoms with Gasteiger partial charge in [0.1, 0.15) is 17.5 Å². The number of ether oxygens (including phenoxy) is 2. The molecule has 0 spiro atoms. The highest BCUT2D eigenvalue weighted by atomic mass is 35.5. The largest absolute Gasteiger partial charge is 0.496 e. The van der Waals surface area contributed by atoms with E-state index in [2.05, 4.69) is 20.1 Å². The zero-order chi connectivity index (χ0) is 30.6. The van der Waals surface area contributed by atoms with E-state index < -0.39 is 35.2 Å². The van der Waals surface area contributed by atoms with Crippen LogP contribution in [-0.2, 0) is 20.1 Å². The van der Waals surface area contributed by atoms with Crippen molar-refractivity contribution in [1.29, 1.82) is 0 Å². The quantitative estimate of drug-likeness (QED) is 0.271. The second kappa shape index (κ2) is 10.6.